The third kappa shape index (κ3) is 3.60. The van der Waals surface area contributed by atoms with E-state index >= 15 is 0 Å². The summed E-state index contributed by atoms with van der Waals surface area (Å²) in [4.78, 5) is 24.8. The Morgan fingerprint density at radius 1 is 1.35 bits per heavy atom. The summed E-state index contributed by atoms with van der Waals surface area (Å²) in [6, 6.07) is 5.12. The van der Waals surface area contributed by atoms with Gasteiger partial charge in [-0.15, -0.1) is 0 Å². The fourth-order valence-electron chi connectivity index (χ4n) is 2.88. The largest absolute Gasteiger partial charge is 0.465 e. The fraction of sp³-hybridized carbons (Fsp3) is 0.389. The van der Waals surface area contributed by atoms with Crippen LogP contribution in [0.3, 0.4) is 0 Å². The summed E-state index contributed by atoms with van der Waals surface area (Å²) in [5, 5.41) is 9.99. The average molecular weight is 379 g/mol. The molecule has 0 radical (unpaired) electrons. The van der Waals surface area contributed by atoms with Crippen LogP contribution in [-0.2, 0) is 19.1 Å². The lowest BCUT2D eigenvalue weighted by Gasteiger charge is -2.30. The molecule has 1 aromatic rings. The number of hydrogen-bond acceptors (Lipinski definition) is 7. The Labute approximate surface area is 156 Å². The summed E-state index contributed by atoms with van der Waals surface area (Å²) >= 11 is 6.14. The van der Waals surface area contributed by atoms with Gasteiger partial charge in [-0.2, -0.15) is 5.26 Å². The molecule has 0 aromatic heterocycles. The van der Waals surface area contributed by atoms with Gasteiger partial charge >= 0.3 is 11.9 Å². The summed E-state index contributed by atoms with van der Waals surface area (Å²) in [6.07, 6.45) is 0. The number of hydrogen-bond donors (Lipinski definition) is 1. The molecule has 0 aliphatic carbocycles. The van der Waals surface area contributed by atoms with E-state index in [1.807, 2.05) is 6.07 Å². The number of fused-ring (bicyclic) bond motifs is 1. The van der Waals surface area contributed by atoms with Crippen molar-refractivity contribution in [2.45, 2.75) is 26.7 Å². The van der Waals surface area contributed by atoms with E-state index in [1.165, 1.54) is 0 Å². The van der Waals surface area contributed by atoms with Crippen LogP contribution in [0.1, 0.15) is 30.9 Å². The highest BCUT2D eigenvalue weighted by Gasteiger charge is 2.43. The van der Waals surface area contributed by atoms with Crippen molar-refractivity contribution >= 4 is 23.5 Å². The molecule has 26 heavy (non-hydrogen) atoms. The molecule has 0 fully saturated rings. The lowest BCUT2D eigenvalue weighted by Crippen LogP contribution is -2.34. The molecule has 1 aliphatic rings. The lowest BCUT2D eigenvalue weighted by molar-refractivity contribution is -0.146. The van der Waals surface area contributed by atoms with Crippen LogP contribution in [0.5, 0.6) is 5.75 Å². The van der Waals surface area contributed by atoms with Gasteiger partial charge in [0.2, 0.25) is 5.88 Å². The first-order valence-corrected chi connectivity index (χ1v) is 8.44. The highest BCUT2D eigenvalue weighted by molar-refractivity contribution is 6.30. The maximum Gasteiger partial charge on any atom is 0.340 e. The quantitative estimate of drug-likeness (QED) is 0.783. The van der Waals surface area contributed by atoms with Gasteiger partial charge in [0.1, 0.15) is 11.3 Å². The molecular formula is C18H19ClN2O5. The lowest BCUT2D eigenvalue weighted by atomic mass is 9.78. The van der Waals surface area contributed by atoms with Crippen molar-refractivity contribution in [3.8, 4) is 11.8 Å². The molecular weight excluding hydrogens is 360 g/mol. The summed E-state index contributed by atoms with van der Waals surface area (Å²) in [5.74, 6) is -3.71. The number of halogens is 1. The van der Waals surface area contributed by atoms with Crippen LogP contribution in [0.4, 0.5) is 0 Å². The highest BCUT2D eigenvalue weighted by Crippen LogP contribution is 2.45. The third-order valence-electron chi connectivity index (χ3n) is 3.90. The summed E-state index contributed by atoms with van der Waals surface area (Å²) in [7, 11) is 0. The maximum atomic E-state index is 12.5. The van der Waals surface area contributed by atoms with E-state index in [1.54, 1.807) is 32.9 Å². The zero-order valence-corrected chi connectivity index (χ0v) is 15.4. The molecule has 1 aromatic carbocycles. The molecule has 2 rings (SSSR count). The number of nitriles is 1. The van der Waals surface area contributed by atoms with Gasteiger partial charge in [-0.1, -0.05) is 11.6 Å². The van der Waals surface area contributed by atoms with Gasteiger partial charge in [-0.05, 0) is 38.5 Å². The van der Waals surface area contributed by atoms with Gasteiger partial charge in [0.15, 0.2) is 5.92 Å². The number of aryl methyl sites for hydroxylation is 1. The monoisotopic (exact) mass is 378 g/mol. The van der Waals surface area contributed by atoms with Crippen LogP contribution in [0, 0.1) is 24.2 Å². The topological polar surface area (TPSA) is 112 Å². The van der Waals surface area contributed by atoms with E-state index in [2.05, 4.69) is 0 Å². The van der Waals surface area contributed by atoms with Crippen LogP contribution in [-0.4, -0.2) is 25.2 Å². The molecule has 1 heterocycles. The molecule has 8 heteroatoms. The Morgan fingerprint density at radius 3 is 2.58 bits per heavy atom. The number of esters is 2. The summed E-state index contributed by atoms with van der Waals surface area (Å²) in [5.41, 5.74) is 6.92. The van der Waals surface area contributed by atoms with E-state index in [0.29, 0.717) is 21.9 Å². The molecule has 0 unspecified atom stereocenters. The van der Waals surface area contributed by atoms with Crippen LogP contribution in [0.2, 0.25) is 5.02 Å². The summed E-state index contributed by atoms with van der Waals surface area (Å²) < 4.78 is 15.6. The van der Waals surface area contributed by atoms with Crippen molar-refractivity contribution in [3.05, 3.63) is 39.7 Å². The second-order valence-electron chi connectivity index (χ2n) is 5.58. The number of nitrogens with zero attached hydrogens (tertiary/aromatic N) is 1. The Balaban J connectivity index is 2.70. The maximum absolute atomic E-state index is 12.5. The normalized spacial score (nSPS) is 16.8. The third-order valence-corrected chi connectivity index (χ3v) is 4.12. The number of carbonyl (C=O) groups excluding carboxylic acids is 2. The van der Waals surface area contributed by atoms with Gasteiger partial charge < -0.3 is 19.9 Å². The molecule has 2 atom stereocenters. The predicted molar refractivity (Wildman–Crippen MR) is 93.1 cm³/mol. The smallest absolute Gasteiger partial charge is 0.340 e. The van der Waals surface area contributed by atoms with E-state index in [0.717, 1.165) is 0 Å². The molecule has 0 spiro atoms. The molecule has 7 nitrogen and oxygen atoms in total. The number of benzene rings is 1. The minimum absolute atomic E-state index is 0.0929. The van der Waals surface area contributed by atoms with E-state index in [4.69, 9.17) is 31.5 Å². The Kier molecular flexibility index (Phi) is 6.11. The van der Waals surface area contributed by atoms with E-state index < -0.39 is 23.8 Å². The number of nitrogens with two attached hydrogens (primary N) is 1. The van der Waals surface area contributed by atoms with Gasteiger partial charge in [0.05, 0.1) is 25.2 Å². The fourth-order valence-corrected chi connectivity index (χ4v) is 3.16. The second kappa shape index (κ2) is 8.11. The Bertz CT molecular complexity index is 813. The van der Waals surface area contributed by atoms with E-state index in [-0.39, 0.29) is 24.7 Å². The van der Waals surface area contributed by atoms with Gasteiger partial charge in [0, 0.05) is 10.6 Å². The minimum Gasteiger partial charge on any atom is -0.465 e. The number of carbonyl (C=O) groups is 2. The molecule has 0 saturated heterocycles. The standard InChI is InChI=1S/C18H19ClN2O5/c1-4-24-17(22)12(8-20)13-11-7-10(19)6-9(3)15(11)26-16(21)14(13)18(23)25-5-2/h6-7,12-13H,4-5,21H2,1-3H3/t12-,13+/m0/s1. The van der Waals surface area contributed by atoms with Gasteiger partial charge in [0.25, 0.3) is 0 Å². The molecule has 2 N–H and O–H groups in total. The zero-order chi connectivity index (χ0) is 19.4. The minimum atomic E-state index is -1.31. The molecule has 0 bridgehead atoms. The van der Waals surface area contributed by atoms with E-state index in [9.17, 15) is 14.9 Å². The van der Waals surface area contributed by atoms with Crippen molar-refractivity contribution in [2.24, 2.45) is 11.7 Å². The molecule has 138 valence electrons. The van der Waals surface area contributed by atoms with Crippen molar-refractivity contribution < 1.29 is 23.8 Å². The highest BCUT2D eigenvalue weighted by atomic mass is 35.5. The van der Waals surface area contributed by atoms with Crippen molar-refractivity contribution in [1.29, 1.82) is 5.26 Å². The number of ether oxygens (including phenoxy) is 3. The predicted octanol–water partition coefficient (Wildman–Crippen LogP) is 2.56. The van der Waals surface area contributed by atoms with Crippen LogP contribution in [0.15, 0.2) is 23.6 Å². The van der Waals surface area contributed by atoms with Crippen molar-refractivity contribution in [3.63, 3.8) is 0 Å². The van der Waals surface area contributed by atoms with Crippen LogP contribution in [0.25, 0.3) is 0 Å². The van der Waals surface area contributed by atoms with Crippen LogP contribution >= 0.6 is 11.6 Å². The first-order chi connectivity index (χ1) is 12.3. The molecule has 1 aliphatic heterocycles. The Morgan fingerprint density at radius 2 is 2.00 bits per heavy atom. The second-order valence-corrected chi connectivity index (χ2v) is 6.01. The van der Waals surface area contributed by atoms with Crippen LogP contribution < -0.4 is 10.5 Å². The van der Waals surface area contributed by atoms with Gasteiger partial charge in [-0.25, -0.2) is 4.79 Å². The van der Waals surface area contributed by atoms with Crippen molar-refractivity contribution in [2.75, 3.05) is 13.2 Å². The summed E-state index contributed by atoms with van der Waals surface area (Å²) in [6.45, 7) is 5.20. The van der Waals surface area contributed by atoms with Crippen molar-refractivity contribution in [1.82, 2.24) is 0 Å². The first kappa shape index (κ1) is 19.6. The molecule has 0 amide bonds. The number of rotatable bonds is 5. The van der Waals surface area contributed by atoms with Gasteiger partial charge in [-0.3, -0.25) is 4.79 Å². The zero-order valence-electron chi connectivity index (χ0n) is 14.7. The SMILES string of the molecule is CCOC(=O)C1=C(N)Oc2c(C)cc(Cl)cc2[C@@H]1[C@H](C#N)C(=O)OCC. The Hall–Kier alpha value is -2.72. The molecule has 0 saturated carbocycles. The average Bonchev–Trinajstić information content (AvgIpc) is 2.56. The first-order valence-electron chi connectivity index (χ1n) is 8.06.